The van der Waals surface area contributed by atoms with E-state index in [0.717, 1.165) is 26.1 Å². The van der Waals surface area contributed by atoms with Crippen LogP contribution in [0.4, 0.5) is 0 Å². The van der Waals surface area contributed by atoms with Crippen molar-refractivity contribution in [1.29, 1.82) is 0 Å². The molecule has 0 unspecified atom stereocenters. The number of carbonyl (C=O) groups is 1. The fourth-order valence-electron chi connectivity index (χ4n) is 4.27. The second-order valence-electron chi connectivity index (χ2n) is 8.75. The first kappa shape index (κ1) is 25.2. The van der Waals surface area contributed by atoms with Gasteiger partial charge in [0.05, 0.1) is 34.2 Å². The van der Waals surface area contributed by atoms with Crippen molar-refractivity contribution in [3.8, 4) is 17.1 Å². The van der Waals surface area contributed by atoms with Crippen LogP contribution in [-0.4, -0.2) is 56.6 Å². The number of hydrogen-bond donors (Lipinski definition) is 1. The topological polar surface area (TPSA) is 94.3 Å². The molecule has 4 aromatic rings. The molecule has 9 nitrogen and oxygen atoms in total. The van der Waals surface area contributed by atoms with Crippen molar-refractivity contribution in [3.05, 3.63) is 86.2 Å². The Labute approximate surface area is 223 Å². The van der Waals surface area contributed by atoms with Crippen LogP contribution in [0.5, 0.6) is 5.75 Å². The summed E-state index contributed by atoms with van der Waals surface area (Å²) in [5.74, 6) is 0.384. The van der Waals surface area contributed by atoms with E-state index in [4.69, 9.17) is 16.3 Å². The lowest BCUT2D eigenvalue weighted by Gasteiger charge is -2.16. The van der Waals surface area contributed by atoms with Crippen LogP contribution in [0.2, 0.25) is 4.34 Å². The minimum atomic E-state index is -0.217. The van der Waals surface area contributed by atoms with Gasteiger partial charge in [-0.3, -0.25) is 14.2 Å². The Bertz CT molecular complexity index is 1430. The summed E-state index contributed by atoms with van der Waals surface area (Å²) >= 11 is 7.15. The highest BCUT2D eigenvalue weighted by Gasteiger charge is 2.15. The summed E-state index contributed by atoms with van der Waals surface area (Å²) in [5, 5.41) is 11.3. The highest BCUT2D eigenvalue weighted by Crippen LogP contribution is 2.26. The van der Waals surface area contributed by atoms with Gasteiger partial charge in [-0.25, -0.2) is 4.68 Å². The number of aromatic nitrogens is 4. The van der Waals surface area contributed by atoms with E-state index in [9.17, 15) is 9.59 Å². The van der Waals surface area contributed by atoms with E-state index in [2.05, 4.69) is 20.5 Å². The molecule has 4 heterocycles. The molecule has 1 aliphatic rings. The van der Waals surface area contributed by atoms with Crippen LogP contribution < -0.4 is 15.6 Å². The Hall–Kier alpha value is -3.47. The summed E-state index contributed by atoms with van der Waals surface area (Å²) in [6, 6.07) is 14.0. The van der Waals surface area contributed by atoms with Crippen molar-refractivity contribution in [3.63, 3.8) is 0 Å². The third kappa shape index (κ3) is 6.27. The number of likely N-dealkylation sites (tertiary alicyclic amines) is 1. The van der Waals surface area contributed by atoms with Crippen molar-refractivity contribution >= 4 is 28.8 Å². The van der Waals surface area contributed by atoms with Gasteiger partial charge in [0.15, 0.2) is 0 Å². The first-order chi connectivity index (χ1) is 18.1. The number of rotatable bonds is 10. The van der Waals surface area contributed by atoms with Crippen molar-refractivity contribution < 1.29 is 9.53 Å². The van der Waals surface area contributed by atoms with E-state index in [1.54, 1.807) is 39.8 Å². The molecule has 192 valence electrons. The standard InChI is InChI=1S/C26H27ClN6O3S/c27-24-10-9-23(37-24)26(35)28-17-19-18-33(30-29-19)21-8-7-20(32-14-2-1-6-25(32)34)16-22(21)36-15-5-13-31-11-3-4-12-31/h1-2,6-10,14,16,18H,3-5,11-13,15,17H2,(H,28,35). The molecule has 1 amide bonds. The van der Waals surface area contributed by atoms with E-state index in [1.165, 1.54) is 30.2 Å². The normalized spacial score (nSPS) is 13.6. The molecule has 1 N–H and O–H groups in total. The van der Waals surface area contributed by atoms with Crippen LogP contribution in [0, 0.1) is 0 Å². The van der Waals surface area contributed by atoms with Gasteiger partial charge in [0.25, 0.3) is 11.5 Å². The number of nitrogens with zero attached hydrogens (tertiary/aromatic N) is 5. The molecule has 5 rings (SSSR count). The van der Waals surface area contributed by atoms with Crippen LogP contribution in [0.25, 0.3) is 11.4 Å². The van der Waals surface area contributed by atoms with E-state index < -0.39 is 0 Å². The maximum absolute atomic E-state index is 12.4. The molecule has 3 aromatic heterocycles. The number of pyridine rings is 1. The smallest absolute Gasteiger partial charge is 0.261 e. The van der Waals surface area contributed by atoms with Crippen LogP contribution in [0.3, 0.4) is 0 Å². The van der Waals surface area contributed by atoms with Crippen molar-refractivity contribution in [2.75, 3.05) is 26.2 Å². The SMILES string of the molecule is O=C(NCc1cn(-c2ccc(-n3ccccc3=O)cc2OCCCN2CCCC2)nn1)c1ccc(Cl)s1. The third-order valence-electron chi connectivity index (χ3n) is 6.13. The molecule has 37 heavy (non-hydrogen) atoms. The second-order valence-corrected chi connectivity index (χ2v) is 10.5. The van der Waals surface area contributed by atoms with Crippen LogP contribution >= 0.6 is 22.9 Å². The first-order valence-electron chi connectivity index (χ1n) is 12.2. The largest absolute Gasteiger partial charge is 0.491 e. The number of halogens is 1. The van der Waals surface area contributed by atoms with Crippen molar-refractivity contribution in [1.82, 2.24) is 29.8 Å². The van der Waals surface area contributed by atoms with Gasteiger partial charge >= 0.3 is 0 Å². The van der Waals surface area contributed by atoms with Gasteiger partial charge in [0.2, 0.25) is 0 Å². The maximum atomic E-state index is 12.4. The summed E-state index contributed by atoms with van der Waals surface area (Å²) < 4.78 is 9.96. The quantitative estimate of drug-likeness (QED) is 0.307. The fraction of sp³-hybridized carbons (Fsp3) is 0.308. The van der Waals surface area contributed by atoms with E-state index in [-0.39, 0.29) is 18.0 Å². The molecule has 11 heteroatoms. The lowest BCUT2D eigenvalue weighted by molar-refractivity contribution is 0.0954. The molecule has 0 aliphatic carbocycles. The highest BCUT2D eigenvalue weighted by atomic mass is 35.5. The molecule has 1 aliphatic heterocycles. The van der Waals surface area contributed by atoms with Crippen molar-refractivity contribution in [2.45, 2.75) is 25.8 Å². The minimum Gasteiger partial charge on any atom is -0.491 e. The summed E-state index contributed by atoms with van der Waals surface area (Å²) in [7, 11) is 0. The second kappa shape index (κ2) is 11.7. The monoisotopic (exact) mass is 538 g/mol. The molecule has 0 atom stereocenters. The van der Waals surface area contributed by atoms with E-state index in [0.29, 0.717) is 38.6 Å². The number of nitrogens with one attached hydrogen (secondary N) is 1. The number of carbonyl (C=O) groups excluding carboxylic acids is 1. The number of ether oxygens (including phenoxy) is 1. The van der Waals surface area contributed by atoms with Crippen LogP contribution in [0.1, 0.15) is 34.6 Å². The molecule has 0 spiro atoms. The zero-order chi connectivity index (χ0) is 25.6. The number of benzene rings is 1. The predicted octanol–water partition coefficient (Wildman–Crippen LogP) is 3.93. The number of thiophene rings is 1. The Morgan fingerprint density at radius 1 is 1.14 bits per heavy atom. The maximum Gasteiger partial charge on any atom is 0.261 e. The molecule has 0 saturated carbocycles. The van der Waals surface area contributed by atoms with E-state index in [1.807, 2.05) is 24.3 Å². The Kier molecular flexibility index (Phi) is 7.98. The average molecular weight is 539 g/mol. The Morgan fingerprint density at radius 3 is 2.78 bits per heavy atom. The fourth-order valence-corrected chi connectivity index (χ4v) is 5.23. The lowest BCUT2D eigenvalue weighted by atomic mass is 10.2. The average Bonchev–Trinajstić information content (AvgIpc) is 3.68. The molecular formula is C26H27ClN6O3S. The third-order valence-corrected chi connectivity index (χ3v) is 7.36. The van der Waals surface area contributed by atoms with Gasteiger partial charge in [-0.05, 0) is 62.7 Å². The number of hydrogen-bond acceptors (Lipinski definition) is 7. The van der Waals surface area contributed by atoms with Gasteiger partial charge in [0.1, 0.15) is 17.1 Å². The van der Waals surface area contributed by atoms with Gasteiger partial charge in [-0.15, -0.1) is 16.4 Å². The van der Waals surface area contributed by atoms with E-state index >= 15 is 0 Å². The van der Waals surface area contributed by atoms with Crippen LogP contribution in [0.15, 0.2) is 65.7 Å². The molecular weight excluding hydrogens is 512 g/mol. The lowest BCUT2D eigenvalue weighted by Crippen LogP contribution is -2.22. The Balaban J connectivity index is 1.32. The summed E-state index contributed by atoms with van der Waals surface area (Å²) in [4.78, 5) is 27.7. The minimum absolute atomic E-state index is 0.124. The highest BCUT2D eigenvalue weighted by molar-refractivity contribution is 7.17. The van der Waals surface area contributed by atoms with Gasteiger partial charge < -0.3 is 15.0 Å². The van der Waals surface area contributed by atoms with Crippen molar-refractivity contribution in [2.24, 2.45) is 0 Å². The number of amides is 1. The molecule has 1 aromatic carbocycles. The predicted molar refractivity (Wildman–Crippen MR) is 143 cm³/mol. The van der Waals surface area contributed by atoms with Gasteiger partial charge in [0, 0.05) is 24.9 Å². The molecule has 0 bridgehead atoms. The van der Waals surface area contributed by atoms with Gasteiger partial charge in [-0.2, -0.15) is 0 Å². The molecule has 0 radical (unpaired) electrons. The zero-order valence-corrected chi connectivity index (χ0v) is 21.7. The molecule has 1 saturated heterocycles. The van der Waals surface area contributed by atoms with Gasteiger partial charge in [-0.1, -0.05) is 22.9 Å². The summed E-state index contributed by atoms with van der Waals surface area (Å²) in [6.45, 7) is 4.05. The zero-order valence-electron chi connectivity index (χ0n) is 20.2. The molecule has 1 fully saturated rings. The summed E-state index contributed by atoms with van der Waals surface area (Å²) in [6.07, 6.45) is 6.90. The first-order valence-corrected chi connectivity index (χ1v) is 13.4. The Morgan fingerprint density at radius 2 is 2.00 bits per heavy atom. The summed E-state index contributed by atoms with van der Waals surface area (Å²) in [5.41, 5.74) is 1.87. The van der Waals surface area contributed by atoms with Crippen LogP contribution in [-0.2, 0) is 6.54 Å².